The molecular weight excluding hydrogens is 364 g/mol. The Balaban J connectivity index is 2.03. The van der Waals surface area contributed by atoms with Crippen LogP contribution in [0.3, 0.4) is 0 Å². The third-order valence-corrected chi connectivity index (χ3v) is 5.46. The summed E-state index contributed by atoms with van der Waals surface area (Å²) in [7, 11) is -1.93. The fraction of sp³-hybridized carbons (Fsp3) is 0.350. The number of nitrogens with one attached hydrogen (secondary N) is 1. The Kier molecular flexibility index (Phi) is 6.98. The molecular formula is C20H26N2O4S. The molecule has 0 spiro atoms. The molecule has 0 fully saturated rings. The molecule has 0 aromatic heterocycles. The molecule has 0 saturated carbocycles. The normalized spacial score (nSPS) is 12.6. The number of hydrogen-bond donors (Lipinski definition) is 1. The standard InChI is InChI=1S/C20H26N2O4S/c1-15-5-7-17(8-6-15)13-22(27(4,24)25)14-20(23)21-16(2)18-9-11-19(26-3)12-10-18/h5-12,16H,13-14H2,1-4H3,(H,21,23)/t16-/m1/s1. The largest absolute Gasteiger partial charge is 0.497 e. The molecule has 0 aliphatic rings. The molecule has 1 atom stereocenters. The predicted octanol–water partition coefficient (Wildman–Crippen LogP) is 2.64. The first-order valence-corrected chi connectivity index (χ1v) is 10.5. The Morgan fingerprint density at radius 3 is 2.22 bits per heavy atom. The Morgan fingerprint density at radius 2 is 1.70 bits per heavy atom. The van der Waals surface area contributed by atoms with Crippen LogP contribution in [0, 0.1) is 6.92 Å². The van der Waals surface area contributed by atoms with E-state index in [0.29, 0.717) is 0 Å². The van der Waals surface area contributed by atoms with Crippen molar-refractivity contribution in [3.8, 4) is 5.75 Å². The Hall–Kier alpha value is -2.38. The summed E-state index contributed by atoms with van der Waals surface area (Å²) in [5, 5.41) is 2.85. The molecule has 6 nitrogen and oxygen atoms in total. The number of rotatable bonds is 8. The van der Waals surface area contributed by atoms with Crippen LogP contribution in [0.5, 0.6) is 5.75 Å². The number of nitrogens with zero attached hydrogens (tertiary/aromatic N) is 1. The maximum absolute atomic E-state index is 12.4. The highest BCUT2D eigenvalue weighted by Gasteiger charge is 2.21. The maximum Gasteiger partial charge on any atom is 0.235 e. The molecule has 146 valence electrons. The molecule has 0 heterocycles. The third-order valence-electron chi connectivity index (χ3n) is 4.26. The van der Waals surface area contributed by atoms with Crippen molar-refractivity contribution in [1.82, 2.24) is 9.62 Å². The van der Waals surface area contributed by atoms with Crippen LogP contribution in [0.25, 0.3) is 0 Å². The van der Waals surface area contributed by atoms with E-state index in [-0.39, 0.29) is 25.0 Å². The van der Waals surface area contributed by atoms with Crippen LogP contribution in [0.1, 0.15) is 29.7 Å². The number of hydrogen-bond acceptors (Lipinski definition) is 4. The van der Waals surface area contributed by atoms with E-state index < -0.39 is 10.0 Å². The van der Waals surface area contributed by atoms with Crippen molar-refractivity contribution in [2.75, 3.05) is 19.9 Å². The lowest BCUT2D eigenvalue weighted by Gasteiger charge is -2.21. The number of sulfonamides is 1. The zero-order valence-electron chi connectivity index (χ0n) is 16.1. The summed E-state index contributed by atoms with van der Waals surface area (Å²) >= 11 is 0. The lowest BCUT2D eigenvalue weighted by molar-refractivity contribution is -0.122. The molecule has 0 unspecified atom stereocenters. The number of ether oxygens (including phenoxy) is 1. The predicted molar refractivity (Wildman–Crippen MR) is 106 cm³/mol. The molecule has 2 aromatic carbocycles. The highest BCUT2D eigenvalue weighted by atomic mass is 32.2. The van der Waals surface area contributed by atoms with Crippen molar-refractivity contribution >= 4 is 15.9 Å². The molecule has 1 N–H and O–H groups in total. The Bertz CT molecular complexity index is 862. The molecule has 2 rings (SSSR count). The van der Waals surface area contributed by atoms with Crippen molar-refractivity contribution in [3.63, 3.8) is 0 Å². The lowest BCUT2D eigenvalue weighted by Crippen LogP contribution is -2.40. The monoisotopic (exact) mass is 390 g/mol. The van der Waals surface area contributed by atoms with Crippen LogP contribution in [0.15, 0.2) is 48.5 Å². The molecule has 0 aliphatic heterocycles. The molecule has 0 aliphatic carbocycles. The summed E-state index contributed by atoms with van der Waals surface area (Å²) in [5.74, 6) is 0.384. The van der Waals surface area contributed by atoms with Gasteiger partial charge < -0.3 is 10.1 Å². The second-order valence-electron chi connectivity index (χ2n) is 6.58. The average molecular weight is 391 g/mol. The summed E-state index contributed by atoms with van der Waals surface area (Å²) in [6, 6.07) is 14.7. The van der Waals surface area contributed by atoms with E-state index in [2.05, 4.69) is 5.32 Å². The highest BCUT2D eigenvalue weighted by molar-refractivity contribution is 7.88. The molecule has 0 bridgehead atoms. The van der Waals surface area contributed by atoms with Crippen LogP contribution in [0.4, 0.5) is 0 Å². The van der Waals surface area contributed by atoms with E-state index in [1.807, 2.05) is 62.4 Å². The summed E-state index contributed by atoms with van der Waals surface area (Å²) in [4.78, 5) is 12.4. The van der Waals surface area contributed by atoms with Crippen molar-refractivity contribution in [2.45, 2.75) is 26.4 Å². The van der Waals surface area contributed by atoms with Gasteiger partial charge in [0.05, 0.1) is 26.0 Å². The maximum atomic E-state index is 12.4. The SMILES string of the molecule is COc1ccc([C@@H](C)NC(=O)CN(Cc2ccc(C)cc2)S(C)(=O)=O)cc1. The molecule has 7 heteroatoms. The first kappa shape index (κ1) is 20.9. The minimum atomic E-state index is -3.52. The topological polar surface area (TPSA) is 75.7 Å². The Morgan fingerprint density at radius 1 is 1.11 bits per heavy atom. The second-order valence-corrected chi connectivity index (χ2v) is 8.56. The number of benzene rings is 2. The van der Waals surface area contributed by atoms with Gasteiger partial charge in [0.1, 0.15) is 5.75 Å². The van der Waals surface area contributed by atoms with Gasteiger partial charge in [0, 0.05) is 6.54 Å². The van der Waals surface area contributed by atoms with Crippen LogP contribution in [-0.4, -0.2) is 38.5 Å². The fourth-order valence-electron chi connectivity index (χ4n) is 2.61. The fourth-order valence-corrected chi connectivity index (χ4v) is 3.35. The van der Waals surface area contributed by atoms with Gasteiger partial charge in [-0.2, -0.15) is 4.31 Å². The number of carbonyl (C=O) groups is 1. The van der Waals surface area contributed by atoms with Crippen molar-refractivity contribution < 1.29 is 17.9 Å². The van der Waals surface area contributed by atoms with Crippen LogP contribution in [-0.2, 0) is 21.4 Å². The number of methoxy groups -OCH3 is 1. The zero-order valence-corrected chi connectivity index (χ0v) is 16.9. The van der Waals surface area contributed by atoms with E-state index in [1.54, 1.807) is 7.11 Å². The first-order valence-electron chi connectivity index (χ1n) is 8.63. The van der Waals surface area contributed by atoms with Gasteiger partial charge in [-0.05, 0) is 37.1 Å². The van der Waals surface area contributed by atoms with Crippen LogP contribution >= 0.6 is 0 Å². The van der Waals surface area contributed by atoms with Gasteiger partial charge in [-0.3, -0.25) is 4.79 Å². The summed E-state index contributed by atoms with van der Waals surface area (Å²) in [5.41, 5.74) is 2.84. The summed E-state index contributed by atoms with van der Waals surface area (Å²) in [6.07, 6.45) is 1.11. The minimum Gasteiger partial charge on any atom is -0.497 e. The minimum absolute atomic E-state index is 0.156. The van der Waals surface area contributed by atoms with Crippen molar-refractivity contribution in [3.05, 3.63) is 65.2 Å². The molecule has 0 saturated heterocycles. The molecule has 27 heavy (non-hydrogen) atoms. The molecule has 1 amide bonds. The highest BCUT2D eigenvalue weighted by Crippen LogP contribution is 2.17. The Labute approximate surface area is 161 Å². The van der Waals surface area contributed by atoms with Gasteiger partial charge >= 0.3 is 0 Å². The number of aryl methyl sites for hydroxylation is 1. The zero-order chi connectivity index (χ0) is 20.0. The van der Waals surface area contributed by atoms with E-state index in [0.717, 1.165) is 28.7 Å². The second kappa shape index (κ2) is 9.01. The van der Waals surface area contributed by atoms with E-state index >= 15 is 0 Å². The van der Waals surface area contributed by atoms with Gasteiger partial charge in [-0.15, -0.1) is 0 Å². The van der Waals surface area contributed by atoms with Gasteiger partial charge in [-0.25, -0.2) is 8.42 Å². The smallest absolute Gasteiger partial charge is 0.235 e. The van der Waals surface area contributed by atoms with Gasteiger partial charge in [0.2, 0.25) is 15.9 Å². The number of carbonyl (C=O) groups excluding carboxylic acids is 1. The first-order chi connectivity index (χ1) is 12.7. The van der Waals surface area contributed by atoms with E-state index in [4.69, 9.17) is 4.74 Å². The average Bonchev–Trinajstić information content (AvgIpc) is 2.62. The van der Waals surface area contributed by atoms with Crippen LogP contribution < -0.4 is 10.1 Å². The number of amides is 1. The van der Waals surface area contributed by atoms with Gasteiger partial charge in [-0.1, -0.05) is 42.0 Å². The third kappa shape index (κ3) is 6.37. The lowest BCUT2D eigenvalue weighted by atomic mass is 10.1. The quantitative estimate of drug-likeness (QED) is 0.752. The summed E-state index contributed by atoms with van der Waals surface area (Å²) in [6.45, 7) is 3.74. The summed E-state index contributed by atoms with van der Waals surface area (Å²) < 4.78 is 30.5. The molecule has 2 aromatic rings. The van der Waals surface area contributed by atoms with E-state index in [9.17, 15) is 13.2 Å². The van der Waals surface area contributed by atoms with Gasteiger partial charge in [0.25, 0.3) is 0 Å². The van der Waals surface area contributed by atoms with Crippen molar-refractivity contribution in [2.24, 2.45) is 0 Å². The van der Waals surface area contributed by atoms with Gasteiger partial charge in [0.15, 0.2) is 0 Å². The molecule has 0 radical (unpaired) electrons. The van der Waals surface area contributed by atoms with E-state index in [1.165, 1.54) is 4.31 Å². The van der Waals surface area contributed by atoms with Crippen molar-refractivity contribution in [1.29, 1.82) is 0 Å². The van der Waals surface area contributed by atoms with Crippen LogP contribution in [0.2, 0.25) is 0 Å².